The summed E-state index contributed by atoms with van der Waals surface area (Å²) in [6.07, 6.45) is 1.55. The lowest BCUT2D eigenvalue weighted by Crippen LogP contribution is -2.57. The first-order valence-electron chi connectivity index (χ1n) is 6.61. The Hall–Kier alpha value is -1.91. The predicted octanol–water partition coefficient (Wildman–Crippen LogP) is 1.02. The molecule has 1 atom stereocenters. The zero-order valence-corrected chi connectivity index (χ0v) is 11.3. The summed E-state index contributed by atoms with van der Waals surface area (Å²) >= 11 is 0. The van der Waals surface area contributed by atoms with Crippen LogP contribution in [0.2, 0.25) is 0 Å². The van der Waals surface area contributed by atoms with E-state index in [1.165, 1.54) is 0 Å². The number of pyridine rings is 1. The first kappa shape index (κ1) is 13.5. The van der Waals surface area contributed by atoms with Gasteiger partial charge in [0.25, 0.3) is 0 Å². The summed E-state index contributed by atoms with van der Waals surface area (Å²) in [6, 6.07) is 5.32. The quantitative estimate of drug-likeness (QED) is 0.880. The Morgan fingerprint density at radius 1 is 1.42 bits per heavy atom. The molecule has 19 heavy (non-hydrogen) atoms. The molecule has 0 bridgehead atoms. The van der Waals surface area contributed by atoms with Gasteiger partial charge in [-0.15, -0.1) is 0 Å². The van der Waals surface area contributed by atoms with Crippen molar-refractivity contribution in [3.05, 3.63) is 29.6 Å². The molecule has 0 saturated carbocycles. The molecule has 2 amide bonds. The van der Waals surface area contributed by atoms with Crippen LogP contribution in [0.4, 0.5) is 0 Å². The second kappa shape index (κ2) is 5.82. The van der Waals surface area contributed by atoms with E-state index in [0.717, 1.165) is 17.8 Å². The fraction of sp³-hybridized carbons (Fsp3) is 0.500. The van der Waals surface area contributed by atoms with Gasteiger partial charge in [-0.3, -0.25) is 14.6 Å². The molecule has 2 heterocycles. The fourth-order valence-electron chi connectivity index (χ4n) is 2.27. The van der Waals surface area contributed by atoms with Crippen LogP contribution in [-0.4, -0.2) is 34.3 Å². The highest BCUT2D eigenvalue weighted by atomic mass is 16.2. The second-order valence-electron chi connectivity index (χ2n) is 4.87. The van der Waals surface area contributed by atoms with Gasteiger partial charge in [0.05, 0.1) is 12.2 Å². The van der Waals surface area contributed by atoms with E-state index < -0.39 is 0 Å². The molecule has 1 fully saturated rings. The summed E-state index contributed by atoms with van der Waals surface area (Å²) in [6.45, 7) is 4.43. The lowest BCUT2D eigenvalue weighted by molar-refractivity contribution is -0.145. The van der Waals surface area contributed by atoms with Gasteiger partial charge in [0.1, 0.15) is 12.6 Å². The molecule has 0 spiro atoms. The van der Waals surface area contributed by atoms with E-state index in [1.807, 2.05) is 32.0 Å². The number of aromatic nitrogens is 1. The average Bonchev–Trinajstić information content (AvgIpc) is 2.35. The molecule has 1 saturated heterocycles. The number of rotatable bonds is 4. The van der Waals surface area contributed by atoms with Crippen LogP contribution in [0.5, 0.6) is 0 Å². The van der Waals surface area contributed by atoms with E-state index in [-0.39, 0.29) is 24.4 Å². The zero-order valence-electron chi connectivity index (χ0n) is 11.3. The molecular weight excluding hydrogens is 242 g/mol. The van der Waals surface area contributed by atoms with E-state index in [1.54, 1.807) is 4.90 Å². The third-order valence-corrected chi connectivity index (χ3v) is 3.16. The number of amides is 2. The number of nitrogens with one attached hydrogen (secondary N) is 1. The van der Waals surface area contributed by atoms with Gasteiger partial charge in [-0.25, -0.2) is 0 Å². The Kier molecular flexibility index (Phi) is 4.14. The monoisotopic (exact) mass is 261 g/mol. The van der Waals surface area contributed by atoms with Crippen molar-refractivity contribution in [1.82, 2.24) is 15.2 Å². The summed E-state index contributed by atoms with van der Waals surface area (Å²) in [5.41, 5.74) is 1.73. The minimum Gasteiger partial charge on any atom is -0.343 e. The summed E-state index contributed by atoms with van der Waals surface area (Å²) in [5.74, 6) is -0.101. The maximum atomic E-state index is 12.2. The van der Waals surface area contributed by atoms with Crippen molar-refractivity contribution in [2.24, 2.45) is 0 Å². The minimum atomic E-state index is -0.379. The third-order valence-electron chi connectivity index (χ3n) is 3.16. The fourth-order valence-corrected chi connectivity index (χ4v) is 2.27. The number of nitrogens with zero attached hydrogens (tertiary/aromatic N) is 2. The van der Waals surface area contributed by atoms with E-state index in [0.29, 0.717) is 13.0 Å². The summed E-state index contributed by atoms with van der Waals surface area (Å²) in [4.78, 5) is 29.8. The molecule has 102 valence electrons. The normalized spacial score (nSPS) is 19.5. The average molecular weight is 261 g/mol. The molecule has 1 aromatic rings. The Morgan fingerprint density at radius 2 is 2.21 bits per heavy atom. The van der Waals surface area contributed by atoms with E-state index in [2.05, 4.69) is 10.3 Å². The molecular formula is C14H19N3O2. The minimum absolute atomic E-state index is 0.00949. The van der Waals surface area contributed by atoms with Crippen molar-refractivity contribution < 1.29 is 9.59 Å². The van der Waals surface area contributed by atoms with Crippen LogP contribution in [0.15, 0.2) is 18.2 Å². The van der Waals surface area contributed by atoms with Crippen LogP contribution in [-0.2, 0) is 16.1 Å². The van der Waals surface area contributed by atoms with Crippen LogP contribution in [0.1, 0.15) is 31.2 Å². The van der Waals surface area contributed by atoms with Crippen molar-refractivity contribution in [3.63, 3.8) is 0 Å². The molecule has 1 aliphatic heterocycles. The SMILES string of the molecule is CCCC1NC(=O)CN(Cc2cccc(C)n2)C1=O. The summed E-state index contributed by atoms with van der Waals surface area (Å²) < 4.78 is 0. The number of carbonyl (C=O) groups is 2. The maximum Gasteiger partial charge on any atom is 0.245 e. The molecule has 0 aliphatic carbocycles. The van der Waals surface area contributed by atoms with Gasteiger partial charge in [0.2, 0.25) is 11.8 Å². The Balaban J connectivity index is 2.10. The highest BCUT2D eigenvalue weighted by molar-refractivity contribution is 5.94. The number of hydrogen-bond donors (Lipinski definition) is 1. The highest BCUT2D eigenvalue weighted by Gasteiger charge is 2.31. The van der Waals surface area contributed by atoms with Crippen LogP contribution in [0, 0.1) is 6.92 Å². The van der Waals surface area contributed by atoms with E-state index >= 15 is 0 Å². The van der Waals surface area contributed by atoms with Gasteiger partial charge < -0.3 is 10.2 Å². The molecule has 5 heteroatoms. The standard InChI is InChI=1S/C14H19N3O2/c1-3-5-12-14(19)17(9-13(18)16-12)8-11-7-4-6-10(2)15-11/h4,6-7,12H,3,5,8-9H2,1-2H3,(H,16,18). The molecule has 1 aliphatic rings. The Labute approximate surface area is 113 Å². The van der Waals surface area contributed by atoms with Crippen LogP contribution in [0.25, 0.3) is 0 Å². The number of aryl methyl sites for hydroxylation is 1. The molecule has 2 rings (SSSR count). The molecule has 1 aromatic heterocycles. The van der Waals surface area contributed by atoms with Crippen molar-refractivity contribution in [2.75, 3.05) is 6.54 Å². The summed E-state index contributed by atoms with van der Waals surface area (Å²) in [7, 11) is 0. The predicted molar refractivity (Wildman–Crippen MR) is 71.2 cm³/mol. The highest BCUT2D eigenvalue weighted by Crippen LogP contribution is 2.11. The maximum absolute atomic E-state index is 12.2. The zero-order chi connectivity index (χ0) is 13.8. The summed E-state index contributed by atoms with van der Waals surface area (Å²) in [5, 5.41) is 2.74. The molecule has 1 unspecified atom stereocenters. The van der Waals surface area contributed by atoms with Gasteiger partial charge in [-0.05, 0) is 25.5 Å². The lowest BCUT2D eigenvalue weighted by Gasteiger charge is -2.32. The van der Waals surface area contributed by atoms with Crippen LogP contribution in [0.3, 0.4) is 0 Å². The Morgan fingerprint density at radius 3 is 2.89 bits per heavy atom. The largest absolute Gasteiger partial charge is 0.343 e. The Bertz CT molecular complexity index is 487. The number of hydrogen-bond acceptors (Lipinski definition) is 3. The second-order valence-corrected chi connectivity index (χ2v) is 4.87. The van der Waals surface area contributed by atoms with Crippen molar-refractivity contribution in [1.29, 1.82) is 0 Å². The van der Waals surface area contributed by atoms with Gasteiger partial charge in [0, 0.05) is 5.69 Å². The van der Waals surface area contributed by atoms with Crippen molar-refractivity contribution in [3.8, 4) is 0 Å². The van der Waals surface area contributed by atoms with E-state index in [4.69, 9.17) is 0 Å². The molecule has 0 radical (unpaired) electrons. The molecule has 1 N–H and O–H groups in total. The van der Waals surface area contributed by atoms with Crippen molar-refractivity contribution in [2.45, 2.75) is 39.3 Å². The van der Waals surface area contributed by atoms with Crippen LogP contribution < -0.4 is 5.32 Å². The molecule has 5 nitrogen and oxygen atoms in total. The van der Waals surface area contributed by atoms with Crippen molar-refractivity contribution >= 4 is 11.8 Å². The first-order chi connectivity index (χ1) is 9.10. The third kappa shape index (κ3) is 3.30. The number of carbonyl (C=O) groups excluding carboxylic acids is 2. The van der Waals surface area contributed by atoms with Gasteiger partial charge in [-0.1, -0.05) is 19.4 Å². The van der Waals surface area contributed by atoms with Gasteiger partial charge in [0.15, 0.2) is 0 Å². The van der Waals surface area contributed by atoms with Crippen LogP contribution >= 0.6 is 0 Å². The molecule has 0 aromatic carbocycles. The van der Waals surface area contributed by atoms with Gasteiger partial charge >= 0.3 is 0 Å². The van der Waals surface area contributed by atoms with E-state index in [9.17, 15) is 9.59 Å². The van der Waals surface area contributed by atoms with Gasteiger partial charge in [-0.2, -0.15) is 0 Å². The first-order valence-corrected chi connectivity index (χ1v) is 6.61. The number of piperazine rings is 1. The smallest absolute Gasteiger partial charge is 0.245 e. The lowest BCUT2D eigenvalue weighted by atomic mass is 10.1. The topological polar surface area (TPSA) is 62.3 Å².